The van der Waals surface area contributed by atoms with Crippen LogP contribution in [-0.4, -0.2) is 11.1 Å². The molecule has 0 aromatic rings. The average molecular weight is 387 g/mol. The molecule has 0 spiro atoms. The fourth-order valence-corrected chi connectivity index (χ4v) is 10.7. The summed E-state index contributed by atoms with van der Waals surface area (Å²) < 4.78 is 0. The van der Waals surface area contributed by atoms with Crippen LogP contribution in [0.25, 0.3) is 0 Å². The van der Waals surface area contributed by atoms with Gasteiger partial charge in [-0.1, -0.05) is 40.5 Å². The van der Waals surface area contributed by atoms with Crippen LogP contribution in [0.4, 0.5) is 0 Å². The first kappa shape index (κ1) is 19.4. The van der Waals surface area contributed by atoms with E-state index in [9.17, 15) is 9.90 Å². The predicted molar refractivity (Wildman–Crippen MR) is 113 cm³/mol. The van der Waals surface area contributed by atoms with Crippen molar-refractivity contribution in [3.05, 3.63) is 0 Å². The van der Waals surface area contributed by atoms with Crippen LogP contribution in [0.1, 0.15) is 105 Å². The SMILES string of the molecule is CC1(C)CCCC2(C)C1CCC1(C)C3CCC4(C(=O)O)CCCC4C3CCC12. The molecule has 5 rings (SSSR count). The van der Waals surface area contributed by atoms with E-state index in [1.165, 1.54) is 57.8 Å². The highest BCUT2D eigenvalue weighted by molar-refractivity contribution is 5.75. The summed E-state index contributed by atoms with van der Waals surface area (Å²) in [6.07, 6.45) is 15.2. The molecule has 0 aromatic carbocycles. The maximum absolute atomic E-state index is 12.3. The molecule has 5 aliphatic rings. The quantitative estimate of drug-likeness (QED) is 0.530. The van der Waals surface area contributed by atoms with Crippen molar-refractivity contribution in [1.82, 2.24) is 0 Å². The third kappa shape index (κ3) is 2.30. The molecule has 0 radical (unpaired) electrons. The van der Waals surface area contributed by atoms with Crippen molar-refractivity contribution in [3.63, 3.8) is 0 Å². The van der Waals surface area contributed by atoms with Gasteiger partial charge in [0.25, 0.3) is 0 Å². The third-order valence-corrected chi connectivity index (χ3v) is 11.7. The molecule has 8 unspecified atom stereocenters. The summed E-state index contributed by atoms with van der Waals surface area (Å²) in [6, 6.07) is 0. The van der Waals surface area contributed by atoms with Crippen LogP contribution >= 0.6 is 0 Å². The minimum atomic E-state index is -0.467. The molecule has 5 aliphatic carbocycles. The molecular weight excluding hydrogens is 344 g/mol. The maximum Gasteiger partial charge on any atom is 0.309 e. The zero-order valence-corrected chi connectivity index (χ0v) is 18.7. The monoisotopic (exact) mass is 386 g/mol. The number of carboxylic acid groups (broad SMARTS) is 1. The van der Waals surface area contributed by atoms with Gasteiger partial charge in [-0.05, 0) is 110 Å². The Morgan fingerprint density at radius 3 is 2.25 bits per heavy atom. The first-order chi connectivity index (χ1) is 13.2. The molecule has 28 heavy (non-hydrogen) atoms. The van der Waals surface area contributed by atoms with Gasteiger partial charge in [0.05, 0.1) is 5.41 Å². The molecule has 0 aromatic heterocycles. The maximum atomic E-state index is 12.3. The fraction of sp³-hybridized carbons (Fsp3) is 0.962. The Morgan fingerprint density at radius 2 is 1.50 bits per heavy atom. The standard InChI is InChI=1S/C26H42O2/c1-23(2)12-6-13-25(4)20(23)11-15-24(3)18-10-16-26(22(27)28)14-5-7-19(26)17(18)8-9-21(24)25/h17-21H,5-16H2,1-4H3,(H,27,28). The molecule has 0 bridgehead atoms. The zero-order valence-electron chi connectivity index (χ0n) is 18.7. The summed E-state index contributed by atoms with van der Waals surface area (Å²) in [6.45, 7) is 10.4. The lowest BCUT2D eigenvalue weighted by molar-refractivity contribution is -0.200. The van der Waals surface area contributed by atoms with Crippen molar-refractivity contribution in [2.75, 3.05) is 0 Å². The molecule has 2 nitrogen and oxygen atoms in total. The molecule has 5 fully saturated rings. The van der Waals surface area contributed by atoms with E-state index in [1.807, 2.05) is 0 Å². The van der Waals surface area contributed by atoms with Gasteiger partial charge in [0, 0.05) is 0 Å². The Hall–Kier alpha value is -0.530. The number of hydrogen-bond acceptors (Lipinski definition) is 1. The Balaban J connectivity index is 1.49. The predicted octanol–water partition coefficient (Wildman–Crippen LogP) is 6.93. The van der Waals surface area contributed by atoms with E-state index in [4.69, 9.17) is 0 Å². The first-order valence-electron chi connectivity index (χ1n) is 12.4. The largest absolute Gasteiger partial charge is 0.481 e. The number of carbonyl (C=O) groups is 1. The van der Waals surface area contributed by atoms with Gasteiger partial charge in [0.15, 0.2) is 0 Å². The first-order valence-corrected chi connectivity index (χ1v) is 12.4. The van der Waals surface area contributed by atoms with Crippen molar-refractivity contribution in [2.45, 2.75) is 105 Å². The van der Waals surface area contributed by atoms with Crippen LogP contribution in [0.15, 0.2) is 0 Å². The van der Waals surface area contributed by atoms with Gasteiger partial charge >= 0.3 is 5.97 Å². The molecule has 158 valence electrons. The topological polar surface area (TPSA) is 37.3 Å². The van der Waals surface area contributed by atoms with Crippen molar-refractivity contribution >= 4 is 5.97 Å². The lowest BCUT2D eigenvalue weighted by Crippen LogP contribution is -2.61. The molecule has 2 heteroatoms. The summed E-state index contributed by atoms with van der Waals surface area (Å²) in [5.74, 6) is 3.21. The number of fused-ring (bicyclic) bond motifs is 7. The van der Waals surface area contributed by atoms with Crippen LogP contribution in [0.5, 0.6) is 0 Å². The number of rotatable bonds is 1. The second kappa shape index (κ2) is 6.01. The lowest BCUT2D eigenvalue weighted by Gasteiger charge is -2.68. The van der Waals surface area contributed by atoms with E-state index in [0.717, 1.165) is 37.0 Å². The van der Waals surface area contributed by atoms with E-state index in [1.54, 1.807) is 0 Å². The second-order valence-corrected chi connectivity index (χ2v) is 12.8. The van der Waals surface area contributed by atoms with Crippen LogP contribution in [0, 0.1) is 51.2 Å². The van der Waals surface area contributed by atoms with E-state index in [0.29, 0.717) is 28.1 Å². The summed E-state index contributed by atoms with van der Waals surface area (Å²) in [7, 11) is 0. The van der Waals surface area contributed by atoms with Crippen molar-refractivity contribution in [2.24, 2.45) is 51.2 Å². The van der Waals surface area contributed by atoms with E-state index in [2.05, 4.69) is 27.7 Å². The number of aliphatic carboxylic acids is 1. The van der Waals surface area contributed by atoms with Gasteiger partial charge in [-0.15, -0.1) is 0 Å². The minimum absolute atomic E-state index is 0.363. The van der Waals surface area contributed by atoms with E-state index in [-0.39, 0.29) is 5.41 Å². The highest BCUT2D eigenvalue weighted by Crippen LogP contribution is 2.72. The van der Waals surface area contributed by atoms with Gasteiger partial charge in [-0.2, -0.15) is 0 Å². The Labute approximate surface area is 172 Å². The Kier molecular flexibility index (Phi) is 4.17. The van der Waals surface area contributed by atoms with Gasteiger partial charge in [0.1, 0.15) is 0 Å². The number of hydrogen-bond donors (Lipinski definition) is 1. The minimum Gasteiger partial charge on any atom is -0.481 e. The van der Waals surface area contributed by atoms with Crippen LogP contribution in [0.2, 0.25) is 0 Å². The van der Waals surface area contributed by atoms with Crippen molar-refractivity contribution in [3.8, 4) is 0 Å². The summed E-state index contributed by atoms with van der Waals surface area (Å²) in [5, 5.41) is 10.1. The van der Waals surface area contributed by atoms with E-state index >= 15 is 0 Å². The van der Waals surface area contributed by atoms with Gasteiger partial charge < -0.3 is 5.11 Å². The summed E-state index contributed by atoms with van der Waals surface area (Å²) >= 11 is 0. The summed E-state index contributed by atoms with van der Waals surface area (Å²) in [4.78, 5) is 12.3. The Morgan fingerprint density at radius 1 is 0.714 bits per heavy atom. The molecular formula is C26H42O2. The van der Waals surface area contributed by atoms with Crippen LogP contribution in [-0.2, 0) is 4.79 Å². The van der Waals surface area contributed by atoms with Gasteiger partial charge in [-0.3, -0.25) is 4.79 Å². The highest BCUT2D eigenvalue weighted by atomic mass is 16.4. The smallest absolute Gasteiger partial charge is 0.309 e. The van der Waals surface area contributed by atoms with Crippen molar-refractivity contribution in [1.29, 1.82) is 0 Å². The second-order valence-electron chi connectivity index (χ2n) is 12.8. The highest BCUT2D eigenvalue weighted by Gasteiger charge is 2.66. The molecule has 8 atom stereocenters. The molecule has 0 amide bonds. The Bertz CT molecular complexity index is 667. The molecule has 0 aliphatic heterocycles. The normalized spacial score (nSPS) is 54.8. The van der Waals surface area contributed by atoms with Crippen molar-refractivity contribution < 1.29 is 9.90 Å². The van der Waals surface area contributed by atoms with Crippen LogP contribution < -0.4 is 0 Å². The lowest BCUT2D eigenvalue weighted by atomic mass is 9.36. The zero-order chi connectivity index (χ0) is 19.9. The third-order valence-electron chi connectivity index (χ3n) is 11.7. The molecule has 5 saturated carbocycles. The number of carboxylic acids is 1. The van der Waals surface area contributed by atoms with Gasteiger partial charge in [-0.25, -0.2) is 0 Å². The van der Waals surface area contributed by atoms with Crippen LogP contribution in [0.3, 0.4) is 0 Å². The average Bonchev–Trinajstić information content (AvgIpc) is 3.06. The van der Waals surface area contributed by atoms with E-state index < -0.39 is 5.97 Å². The summed E-state index contributed by atoms with van der Waals surface area (Å²) in [5.41, 5.74) is 1.10. The molecule has 1 N–H and O–H groups in total. The fourth-order valence-electron chi connectivity index (χ4n) is 10.7. The molecule has 0 heterocycles. The van der Waals surface area contributed by atoms with Gasteiger partial charge in [0.2, 0.25) is 0 Å². The molecule has 0 saturated heterocycles.